The molecule has 2 rings (SSSR count). The van der Waals surface area contributed by atoms with Crippen LogP contribution in [0.25, 0.3) is 0 Å². The average molecular weight is 382 g/mol. The first kappa shape index (κ1) is 22.2. The van der Waals surface area contributed by atoms with E-state index >= 15 is 0 Å². The van der Waals surface area contributed by atoms with Crippen molar-refractivity contribution >= 4 is 11.8 Å². The predicted molar refractivity (Wildman–Crippen MR) is 107 cm³/mol. The van der Waals surface area contributed by atoms with Gasteiger partial charge in [-0.1, -0.05) is 26.7 Å². The van der Waals surface area contributed by atoms with Crippen LogP contribution in [0, 0.1) is 5.92 Å². The van der Waals surface area contributed by atoms with E-state index in [0.717, 1.165) is 51.6 Å². The van der Waals surface area contributed by atoms with Gasteiger partial charge in [0.2, 0.25) is 11.8 Å². The van der Waals surface area contributed by atoms with Crippen molar-refractivity contribution in [3.63, 3.8) is 0 Å². The molecule has 2 aliphatic heterocycles. The van der Waals surface area contributed by atoms with Crippen molar-refractivity contribution in [2.24, 2.45) is 5.92 Å². The van der Waals surface area contributed by atoms with Gasteiger partial charge in [-0.15, -0.1) is 0 Å². The van der Waals surface area contributed by atoms with Crippen molar-refractivity contribution in [2.75, 3.05) is 39.3 Å². The van der Waals surface area contributed by atoms with Crippen molar-refractivity contribution in [3.05, 3.63) is 0 Å². The minimum Gasteiger partial charge on any atom is -0.396 e. The summed E-state index contributed by atoms with van der Waals surface area (Å²) in [5, 5.41) is 12.7. The van der Waals surface area contributed by atoms with Gasteiger partial charge < -0.3 is 20.2 Å². The molecule has 2 heterocycles. The van der Waals surface area contributed by atoms with Crippen molar-refractivity contribution < 1.29 is 14.7 Å². The summed E-state index contributed by atoms with van der Waals surface area (Å²) in [5.41, 5.74) is -0.161. The molecule has 2 fully saturated rings. The molecule has 6 nitrogen and oxygen atoms in total. The lowest BCUT2D eigenvalue weighted by Gasteiger charge is -2.36. The second-order valence-electron chi connectivity index (χ2n) is 8.21. The van der Waals surface area contributed by atoms with Gasteiger partial charge >= 0.3 is 0 Å². The van der Waals surface area contributed by atoms with Crippen LogP contribution >= 0.6 is 0 Å². The minimum atomic E-state index is -0.161. The summed E-state index contributed by atoms with van der Waals surface area (Å²) in [4.78, 5) is 29.3. The number of amides is 2. The molecule has 0 aromatic carbocycles. The maximum atomic E-state index is 12.8. The third kappa shape index (κ3) is 6.18. The number of likely N-dealkylation sites (tertiary alicyclic amines) is 2. The smallest absolute Gasteiger partial charge is 0.236 e. The number of aliphatic hydroxyl groups is 1. The number of nitrogens with zero attached hydrogens (tertiary/aromatic N) is 2. The van der Waals surface area contributed by atoms with Gasteiger partial charge in [-0.25, -0.2) is 0 Å². The number of rotatable bonds is 8. The molecule has 2 amide bonds. The van der Waals surface area contributed by atoms with Crippen LogP contribution in [0.3, 0.4) is 0 Å². The number of hydrogen-bond acceptors (Lipinski definition) is 4. The van der Waals surface area contributed by atoms with E-state index in [1.807, 2.05) is 4.90 Å². The Kier molecular flexibility index (Phi) is 9.03. The first-order chi connectivity index (χ1) is 13.0. The van der Waals surface area contributed by atoms with Gasteiger partial charge in [0.15, 0.2) is 0 Å². The number of carbonyl (C=O) groups excluding carboxylic acids is 2. The van der Waals surface area contributed by atoms with E-state index in [4.69, 9.17) is 0 Å². The van der Waals surface area contributed by atoms with E-state index in [-0.39, 0.29) is 24.0 Å². The molecule has 0 unspecified atom stereocenters. The van der Waals surface area contributed by atoms with E-state index in [9.17, 15) is 14.7 Å². The van der Waals surface area contributed by atoms with Crippen molar-refractivity contribution in [1.82, 2.24) is 15.1 Å². The Bertz CT molecular complexity index is 463. The maximum absolute atomic E-state index is 12.8. The highest BCUT2D eigenvalue weighted by Crippen LogP contribution is 2.23. The summed E-state index contributed by atoms with van der Waals surface area (Å²) in [6.07, 6.45) is 8.73. The van der Waals surface area contributed by atoms with E-state index in [1.165, 1.54) is 12.8 Å². The lowest BCUT2D eigenvalue weighted by atomic mass is 9.89. The Balaban J connectivity index is 1.78. The minimum absolute atomic E-state index is 0.0832. The highest BCUT2D eigenvalue weighted by molar-refractivity contribution is 5.81. The summed E-state index contributed by atoms with van der Waals surface area (Å²) < 4.78 is 0. The van der Waals surface area contributed by atoms with Crippen molar-refractivity contribution in [2.45, 2.75) is 77.2 Å². The number of piperidine rings is 1. The quantitative estimate of drug-likeness (QED) is 0.676. The number of nitrogens with one attached hydrogen (secondary N) is 1. The van der Waals surface area contributed by atoms with Crippen LogP contribution in [0.4, 0.5) is 0 Å². The molecule has 0 aromatic heterocycles. The SMILES string of the molecule is CCC(CC)(CCO)NCC(=O)N1CCC(C(=O)N2CCCCCC2)CC1. The fraction of sp³-hybridized carbons (Fsp3) is 0.905. The van der Waals surface area contributed by atoms with E-state index in [0.29, 0.717) is 32.0 Å². The zero-order chi connectivity index (χ0) is 19.7. The monoisotopic (exact) mass is 381 g/mol. The van der Waals surface area contributed by atoms with Crippen LogP contribution in [0.15, 0.2) is 0 Å². The molecule has 2 saturated heterocycles. The van der Waals surface area contributed by atoms with Crippen LogP contribution in [0.5, 0.6) is 0 Å². The molecule has 0 bridgehead atoms. The van der Waals surface area contributed by atoms with Crippen LogP contribution in [0.1, 0.15) is 71.6 Å². The summed E-state index contributed by atoms with van der Waals surface area (Å²) in [7, 11) is 0. The van der Waals surface area contributed by atoms with Gasteiger partial charge in [0.05, 0.1) is 6.54 Å². The van der Waals surface area contributed by atoms with Gasteiger partial charge in [-0.05, 0) is 44.9 Å². The number of hydrogen-bond donors (Lipinski definition) is 2. The second-order valence-corrected chi connectivity index (χ2v) is 8.21. The summed E-state index contributed by atoms with van der Waals surface area (Å²) >= 11 is 0. The van der Waals surface area contributed by atoms with Crippen LogP contribution in [-0.4, -0.2) is 71.6 Å². The van der Waals surface area contributed by atoms with Crippen molar-refractivity contribution in [1.29, 1.82) is 0 Å². The molecule has 2 N–H and O–H groups in total. The zero-order valence-electron chi connectivity index (χ0n) is 17.3. The van der Waals surface area contributed by atoms with Crippen LogP contribution in [0.2, 0.25) is 0 Å². The topological polar surface area (TPSA) is 72.9 Å². The molecule has 0 atom stereocenters. The molecule has 0 radical (unpaired) electrons. The van der Waals surface area contributed by atoms with Gasteiger partial charge in [-0.2, -0.15) is 0 Å². The Morgan fingerprint density at radius 3 is 2.07 bits per heavy atom. The number of carbonyl (C=O) groups is 2. The van der Waals surface area contributed by atoms with Crippen LogP contribution in [-0.2, 0) is 9.59 Å². The highest BCUT2D eigenvalue weighted by Gasteiger charge is 2.31. The van der Waals surface area contributed by atoms with Crippen LogP contribution < -0.4 is 5.32 Å². The Hall–Kier alpha value is -1.14. The lowest BCUT2D eigenvalue weighted by molar-refractivity contribution is -0.140. The largest absolute Gasteiger partial charge is 0.396 e. The fourth-order valence-electron chi connectivity index (χ4n) is 4.46. The third-order valence-corrected chi connectivity index (χ3v) is 6.67. The third-order valence-electron chi connectivity index (χ3n) is 6.67. The van der Waals surface area contributed by atoms with Gasteiger partial charge in [0.1, 0.15) is 0 Å². The number of aliphatic hydroxyl groups excluding tert-OH is 1. The van der Waals surface area contributed by atoms with Gasteiger partial charge in [0.25, 0.3) is 0 Å². The fourth-order valence-corrected chi connectivity index (χ4v) is 4.46. The molecule has 0 saturated carbocycles. The highest BCUT2D eigenvalue weighted by atomic mass is 16.3. The molecule has 0 spiro atoms. The average Bonchev–Trinajstić information content (AvgIpc) is 3.00. The van der Waals surface area contributed by atoms with Gasteiger partial charge in [0, 0.05) is 44.2 Å². The summed E-state index contributed by atoms with van der Waals surface area (Å²) in [6, 6.07) is 0. The van der Waals surface area contributed by atoms with E-state index in [1.54, 1.807) is 0 Å². The lowest BCUT2D eigenvalue weighted by Crippen LogP contribution is -2.51. The Morgan fingerprint density at radius 1 is 0.963 bits per heavy atom. The summed E-state index contributed by atoms with van der Waals surface area (Å²) in [6.45, 7) is 7.80. The predicted octanol–water partition coefficient (Wildman–Crippen LogP) is 2.16. The zero-order valence-corrected chi connectivity index (χ0v) is 17.3. The molecule has 27 heavy (non-hydrogen) atoms. The first-order valence-electron chi connectivity index (χ1n) is 11.0. The molecule has 0 aromatic rings. The maximum Gasteiger partial charge on any atom is 0.236 e. The molecular formula is C21H39N3O3. The first-order valence-corrected chi connectivity index (χ1v) is 11.0. The van der Waals surface area contributed by atoms with Gasteiger partial charge in [-0.3, -0.25) is 9.59 Å². The second kappa shape index (κ2) is 11.0. The molecule has 6 heteroatoms. The molecule has 156 valence electrons. The molecule has 0 aliphatic carbocycles. The van der Waals surface area contributed by atoms with Crippen molar-refractivity contribution in [3.8, 4) is 0 Å². The Morgan fingerprint density at radius 2 is 1.56 bits per heavy atom. The Labute approximate surface area is 164 Å². The molecule has 2 aliphatic rings. The van der Waals surface area contributed by atoms with E-state index in [2.05, 4.69) is 24.1 Å². The normalized spacial score (nSPS) is 19.8. The molecular weight excluding hydrogens is 342 g/mol. The van der Waals surface area contributed by atoms with E-state index < -0.39 is 0 Å². The summed E-state index contributed by atoms with van der Waals surface area (Å²) in [5.74, 6) is 0.501. The standard InChI is InChI=1S/C21H39N3O3/c1-3-21(4-2,11-16-25)22-17-19(26)23-14-9-18(10-15-23)20(27)24-12-7-5-6-8-13-24/h18,22,25H,3-17H2,1-2H3.